The number of hydrogen-bond donors (Lipinski definition) is 2. The van der Waals surface area contributed by atoms with Gasteiger partial charge in [0, 0.05) is 23.4 Å². The van der Waals surface area contributed by atoms with E-state index in [1.54, 1.807) is 12.1 Å². The Morgan fingerprint density at radius 2 is 2.04 bits per heavy atom. The molecule has 1 aromatic carbocycles. The van der Waals surface area contributed by atoms with Crippen molar-refractivity contribution in [2.24, 2.45) is 0 Å². The molecule has 1 atom stereocenters. The first-order valence-electron chi connectivity index (χ1n) is 8.67. The van der Waals surface area contributed by atoms with Crippen molar-refractivity contribution in [2.75, 3.05) is 0 Å². The minimum Gasteiger partial charge on any atom is -0.350 e. The zero-order valence-electron chi connectivity index (χ0n) is 14.4. The SMILES string of the molecule is Cc1ccc(-c2cc(C(=O)N[C@@H]3CCCc4[nH]c(=O)ccc43)on2)cc1. The van der Waals surface area contributed by atoms with Gasteiger partial charge in [-0.1, -0.05) is 35.0 Å². The fraction of sp³-hybridized carbons (Fsp3) is 0.250. The van der Waals surface area contributed by atoms with Crippen LogP contribution < -0.4 is 10.9 Å². The summed E-state index contributed by atoms with van der Waals surface area (Å²) in [6.07, 6.45) is 2.55. The van der Waals surface area contributed by atoms with Gasteiger partial charge in [0.25, 0.3) is 5.91 Å². The third-order valence-corrected chi connectivity index (χ3v) is 4.72. The van der Waals surface area contributed by atoms with Crippen LogP contribution in [0.5, 0.6) is 0 Å². The van der Waals surface area contributed by atoms with Gasteiger partial charge in [0.15, 0.2) is 0 Å². The molecule has 1 amide bonds. The van der Waals surface area contributed by atoms with Crippen molar-refractivity contribution in [3.05, 3.63) is 75.4 Å². The monoisotopic (exact) mass is 349 g/mol. The van der Waals surface area contributed by atoms with Crippen LogP contribution in [-0.2, 0) is 6.42 Å². The van der Waals surface area contributed by atoms with Crippen LogP contribution in [0, 0.1) is 6.92 Å². The largest absolute Gasteiger partial charge is 0.350 e. The zero-order valence-corrected chi connectivity index (χ0v) is 14.4. The van der Waals surface area contributed by atoms with Crippen LogP contribution >= 0.6 is 0 Å². The second kappa shape index (κ2) is 6.63. The number of aromatic nitrogens is 2. The number of nitrogens with zero attached hydrogens (tertiary/aromatic N) is 1. The Morgan fingerprint density at radius 1 is 1.23 bits per heavy atom. The van der Waals surface area contributed by atoms with E-state index >= 15 is 0 Å². The molecule has 2 aromatic heterocycles. The van der Waals surface area contributed by atoms with Crippen molar-refractivity contribution in [1.29, 1.82) is 0 Å². The van der Waals surface area contributed by atoms with Gasteiger partial charge in [0.1, 0.15) is 5.69 Å². The topological polar surface area (TPSA) is 88.0 Å². The smallest absolute Gasteiger partial charge is 0.290 e. The van der Waals surface area contributed by atoms with Crippen LogP contribution in [0.2, 0.25) is 0 Å². The molecule has 0 spiro atoms. The summed E-state index contributed by atoms with van der Waals surface area (Å²) in [6.45, 7) is 2.01. The second-order valence-electron chi connectivity index (χ2n) is 6.62. The van der Waals surface area contributed by atoms with E-state index in [4.69, 9.17) is 4.52 Å². The van der Waals surface area contributed by atoms with E-state index in [0.29, 0.717) is 5.69 Å². The van der Waals surface area contributed by atoms with E-state index in [0.717, 1.165) is 41.6 Å². The highest BCUT2D eigenvalue weighted by atomic mass is 16.5. The molecule has 1 aliphatic carbocycles. The summed E-state index contributed by atoms with van der Waals surface area (Å²) in [5.41, 5.74) is 4.43. The fourth-order valence-electron chi connectivity index (χ4n) is 3.32. The first kappa shape index (κ1) is 16.3. The van der Waals surface area contributed by atoms with Crippen molar-refractivity contribution < 1.29 is 9.32 Å². The number of aryl methyl sites for hydroxylation is 2. The summed E-state index contributed by atoms with van der Waals surface area (Å²) in [6, 6.07) is 12.7. The average Bonchev–Trinajstić information content (AvgIpc) is 3.12. The molecular weight excluding hydrogens is 330 g/mol. The summed E-state index contributed by atoms with van der Waals surface area (Å²) in [7, 11) is 0. The number of rotatable bonds is 3. The Morgan fingerprint density at radius 3 is 2.85 bits per heavy atom. The quantitative estimate of drug-likeness (QED) is 0.760. The number of carbonyl (C=O) groups is 1. The van der Waals surface area contributed by atoms with Crippen LogP contribution in [0.25, 0.3) is 11.3 Å². The molecule has 0 saturated carbocycles. The van der Waals surface area contributed by atoms with Crippen molar-refractivity contribution in [1.82, 2.24) is 15.5 Å². The standard InChI is InChI=1S/C20H19N3O3/c1-12-5-7-13(8-6-12)17-11-18(26-23-17)20(25)22-16-4-2-3-15-14(16)9-10-19(24)21-15/h5-11,16H,2-4H2,1H3,(H,21,24)(H,22,25)/t16-/m1/s1. The molecule has 0 unspecified atom stereocenters. The lowest BCUT2D eigenvalue weighted by Crippen LogP contribution is -2.32. The maximum Gasteiger partial charge on any atom is 0.290 e. The van der Waals surface area contributed by atoms with Crippen LogP contribution in [0.4, 0.5) is 0 Å². The molecule has 26 heavy (non-hydrogen) atoms. The van der Waals surface area contributed by atoms with E-state index in [1.165, 1.54) is 6.07 Å². The Kier molecular flexibility index (Phi) is 4.16. The molecule has 3 aromatic rings. The first-order valence-corrected chi connectivity index (χ1v) is 8.67. The first-order chi connectivity index (χ1) is 12.6. The molecule has 4 rings (SSSR count). The number of carbonyl (C=O) groups excluding carboxylic acids is 1. The third-order valence-electron chi connectivity index (χ3n) is 4.72. The van der Waals surface area contributed by atoms with Crippen LogP contribution in [-0.4, -0.2) is 16.0 Å². The van der Waals surface area contributed by atoms with Crippen molar-refractivity contribution >= 4 is 5.91 Å². The maximum absolute atomic E-state index is 12.6. The van der Waals surface area contributed by atoms with Crippen molar-refractivity contribution in [2.45, 2.75) is 32.2 Å². The van der Waals surface area contributed by atoms with Crippen molar-refractivity contribution in [3.63, 3.8) is 0 Å². The van der Waals surface area contributed by atoms with E-state index in [-0.39, 0.29) is 23.3 Å². The second-order valence-corrected chi connectivity index (χ2v) is 6.62. The van der Waals surface area contributed by atoms with Gasteiger partial charge in [-0.05, 0) is 37.8 Å². The molecule has 0 fully saturated rings. The lowest BCUT2D eigenvalue weighted by atomic mass is 9.91. The molecular formula is C20H19N3O3. The summed E-state index contributed by atoms with van der Waals surface area (Å²) in [5.74, 6) is -0.128. The number of hydrogen-bond acceptors (Lipinski definition) is 4. The predicted octanol–water partition coefficient (Wildman–Crippen LogP) is 3.15. The lowest BCUT2D eigenvalue weighted by molar-refractivity contribution is 0.0895. The van der Waals surface area contributed by atoms with E-state index in [2.05, 4.69) is 15.5 Å². The molecule has 1 aliphatic rings. The molecule has 0 bridgehead atoms. The maximum atomic E-state index is 12.6. The van der Waals surface area contributed by atoms with Crippen LogP contribution in [0.15, 0.2) is 51.8 Å². The molecule has 0 saturated heterocycles. The Bertz CT molecular complexity index is 1000. The summed E-state index contributed by atoms with van der Waals surface area (Å²) in [4.78, 5) is 26.9. The highest BCUT2D eigenvalue weighted by molar-refractivity contribution is 5.92. The van der Waals surface area contributed by atoms with E-state index in [9.17, 15) is 9.59 Å². The van der Waals surface area contributed by atoms with E-state index < -0.39 is 0 Å². The molecule has 132 valence electrons. The van der Waals surface area contributed by atoms with Crippen molar-refractivity contribution in [3.8, 4) is 11.3 Å². The van der Waals surface area contributed by atoms with Gasteiger partial charge in [0.2, 0.25) is 11.3 Å². The van der Waals surface area contributed by atoms with Gasteiger partial charge in [-0.15, -0.1) is 0 Å². The van der Waals surface area contributed by atoms with Gasteiger partial charge >= 0.3 is 0 Å². The fourth-order valence-corrected chi connectivity index (χ4v) is 3.32. The number of pyridine rings is 1. The predicted molar refractivity (Wildman–Crippen MR) is 96.9 cm³/mol. The number of H-pyrrole nitrogens is 1. The minimum atomic E-state index is -0.306. The number of benzene rings is 1. The summed E-state index contributed by atoms with van der Waals surface area (Å²) >= 11 is 0. The van der Waals surface area contributed by atoms with E-state index in [1.807, 2.05) is 31.2 Å². The van der Waals surface area contributed by atoms with Gasteiger partial charge in [-0.2, -0.15) is 0 Å². The normalized spacial score (nSPS) is 16.1. The number of amides is 1. The average molecular weight is 349 g/mol. The minimum absolute atomic E-state index is 0.117. The lowest BCUT2D eigenvalue weighted by Gasteiger charge is -2.25. The number of fused-ring (bicyclic) bond motifs is 1. The Hall–Kier alpha value is -3.15. The van der Waals surface area contributed by atoms with Gasteiger partial charge in [-0.25, -0.2) is 0 Å². The van der Waals surface area contributed by atoms with Gasteiger partial charge < -0.3 is 14.8 Å². The molecule has 2 N–H and O–H groups in total. The molecule has 6 nitrogen and oxygen atoms in total. The molecule has 0 aliphatic heterocycles. The zero-order chi connectivity index (χ0) is 18.1. The highest BCUT2D eigenvalue weighted by Gasteiger charge is 2.24. The molecule has 0 radical (unpaired) electrons. The van der Waals surface area contributed by atoms with Crippen LogP contribution in [0.1, 0.15) is 46.3 Å². The summed E-state index contributed by atoms with van der Waals surface area (Å²) in [5, 5.41) is 6.99. The summed E-state index contributed by atoms with van der Waals surface area (Å²) < 4.78 is 5.24. The number of nitrogens with one attached hydrogen (secondary N) is 2. The molecule has 6 heteroatoms. The third kappa shape index (κ3) is 3.18. The number of aromatic amines is 1. The Labute approximate surface area is 150 Å². The van der Waals surface area contributed by atoms with Gasteiger partial charge in [-0.3, -0.25) is 9.59 Å². The Balaban J connectivity index is 1.53. The molecule has 2 heterocycles. The highest BCUT2D eigenvalue weighted by Crippen LogP contribution is 2.28. The van der Waals surface area contributed by atoms with Crippen LogP contribution in [0.3, 0.4) is 0 Å². The van der Waals surface area contributed by atoms with Gasteiger partial charge in [0.05, 0.1) is 6.04 Å².